The van der Waals surface area contributed by atoms with Crippen LogP contribution in [0.5, 0.6) is 0 Å². The maximum absolute atomic E-state index is 12.3. The van der Waals surface area contributed by atoms with Crippen LogP contribution in [0.15, 0.2) is 40.8 Å². The van der Waals surface area contributed by atoms with Gasteiger partial charge in [-0.05, 0) is 24.3 Å². The molecule has 2 N–H and O–H groups in total. The molecule has 6 nitrogen and oxygen atoms in total. The molecule has 1 aliphatic rings. The van der Waals surface area contributed by atoms with Gasteiger partial charge in [0.25, 0.3) is 5.91 Å². The lowest BCUT2D eigenvalue weighted by molar-refractivity contribution is 0.0920. The van der Waals surface area contributed by atoms with E-state index in [1.54, 1.807) is 17.4 Å². The molecule has 27 heavy (non-hydrogen) atoms. The molecule has 4 rings (SSSR count). The van der Waals surface area contributed by atoms with Gasteiger partial charge in [-0.3, -0.25) is 9.69 Å². The Morgan fingerprint density at radius 2 is 1.96 bits per heavy atom. The maximum atomic E-state index is 12.3. The number of furan rings is 1. The number of rotatable bonds is 5. The number of benzene rings is 1. The molecule has 0 spiro atoms. The standard InChI is InChI=1S/C18H20N4O2S.2ClH/c23-17(20-9-12-22-10-7-19-8-11-22)14-5-6-15(24-14)18-21-13-3-1-2-4-16(13)25-18;;/h1-6,19H,7-12H2,(H,20,23);2*1H. The predicted octanol–water partition coefficient (Wildman–Crippen LogP) is 3.03. The highest BCUT2D eigenvalue weighted by atomic mass is 35.5. The van der Waals surface area contributed by atoms with Gasteiger partial charge in [0.05, 0.1) is 10.2 Å². The van der Waals surface area contributed by atoms with Crippen molar-refractivity contribution in [3.05, 3.63) is 42.2 Å². The van der Waals surface area contributed by atoms with Crippen molar-refractivity contribution in [2.75, 3.05) is 39.3 Å². The van der Waals surface area contributed by atoms with Crippen LogP contribution in [0.2, 0.25) is 0 Å². The predicted molar refractivity (Wildman–Crippen MR) is 113 cm³/mol. The summed E-state index contributed by atoms with van der Waals surface area (Å²) in [5, 5.41) is 7.04. The van der Waals surface area contributed by atoms with Gasteiger partial charge in [-0.1, -0.05) is 12.1 Å². The van der Waals surface area contributed by atoms with Crippen molar-refractivity contribution in [2.24, 2.45) is 0 Å². The summed E-state index contributed by atoms with van der Waals surface area (Å²) in [5.74, 6) is 0.783. The van der Waals surface area contributed by atoms with Crippen LogP contribution in [-0.4, -0.2) is 55.1 Å². The van der Waals surface area contributed by atoms with Crippen LogP contribution in [0.25, 0.3) is 21.0 Å². The molecular formula is C18H22Cl2N4O2S. The van der Waals surface area contributed by atoms with E-state index in [2.05, 4.69) is 20.5 Å². The Morgan fingerprint density at radius 1 is 1.19 bits per heavy atom. The van der Waals surface area contributed by atoms with E-state index in [1.807, 2.05) is 30.3 Å². The largest absolute Gasteiger partial charge is 0.448 e. The highest BCUT2D eigenvalue weighted by Gasteiger charge is 2.15. The third-order valence-corrected chi connectivity index (χ3v) is 5.31. The van der Waals surface area contributed by atoms with E-state index < -0.39 is 0 Å². The van der Waals surface area contributed by atoms with Crippen molar-refractivity contribution < 1.29 is 9.21 Å². The summed E-state index contributed by atoms with van der Waals surface area (Å²) in [5.41, 5.74) is 0.945. The fraction of sp³-hybridized carbons (Fsp3) is 0.333. The zero-order chi connectivity index (χ0) is 17.1. The number of piperazine rings is 1. The molecule has 1 amide bonds. The van der Waals surface area contributed by atoms with Gasteiger partial charge in [-0.25, -0.2) is 4.98 Å². The molecule has 0 atom stereocenters. The summed E-state index contributed by atoms with van der Waals surface area (Å²) in [4.78, 5) is 19.1. The van der Waals surface area contributed by atoms with Gasteiger partial charge < -0.3 is 15.1 Å². The van der Waals surface area contributed by atoms with Crippen LogP contribution < -0.4 is 10.6 Å². The molecule has 1 aromatic carbocycles. The van der Waals surface area contributed by atoms with Crippen molar-refractivity contribution in [1.29, 1.82) is 0 Å². The third-order valence-electron chi connectivity index (χ3n) is 4.26. The zero-order valence-corrected chi connectivity index (χ0v) is 17.1. The second kappa shape index (κ2) is 10.1. The first-order chi connectivity index (χ1) is 12.3. The van der Waals surface area contributed by atoms with Gasteiger partial charge in [0.15, 0.2) is 16.5 Å². The normalized spacial score (nSPS) is 14.4. The molecule has 0 unspecified atom stereocenters. The molecule has 1 fully saturated rings. The number of para-hydroxylation sites is 1. The lowest BCUT2D eigenvalue weighted by Crippen LogP contribution is -2.46. The Hall–Kier alpha value is -1.64. The number of aromatic nitrogens is 1. The number of fused-ring (bicyclic) bond motifs is 1. The average molecular weight is 429 g/mol. The third kappa shape index (κ3) is 5.21. The second-order valence-corrected chi connectivity index (χ2v) is 7.03. The van der Waals surface area contributed by atoms with Gasteiger partial charge >= 0.3 is 0 Å². The van der Waals surface area contributed by atoms with E-state index in [9.17, 15) is 4.79 Å². The zero-order valence-electron chi connectivity index (χ0n) is 14.6. The van der Waals surface area contributed by atoms with E-state index in [0.717, 1.165) is 47.9 Å². The van der Waals surface area contributed by atoms with E-state index in [0.29, 0.717) is 18.1 Å². The van der Waals surface area contributed by atoms with Crippen LogP contribution in [0.1, 0.15) is 10.6 Å². The van der Waals surface area contributed by atoms with Crippen molar-refractivity contribution in [3.63, 3.8) is 0 Å². The first-order valence-corrected chi connectivity index (χ1v) is 9.28. The van der Waals surface area contributed by atoms with Gasteiger partial charge in [-0.15, -0.1) is 36.2 Å². The summed E-state index contributed by atoms with van der Waals surface area (Å²) < 4.78 is 6.82. The molecule has 0 radical (unpaired) electrons. The fourth-order valence-corrected chi connectivity index (χ4v) is 3.83. The Morgan fingerprint density at radius 3 is 2.74 bits per heavy atom. The minimum absolute atomic E-state index is 0. The number of thiazole rings is 1. The molecule has 0 aliphatic carbocycles. The molecule has 0 bridgehead atoms. The van der Waals surface area contributed by atoms with Crippen molar-refractivity contribution in [1.82, 2.24) is 20.5 Å². The van der Waals surface area contributed by atoms with Gasteiger partial charge in [-0.2, -0.15) is 0 Å². The number of amides is 1. The lowest BCUT2D eigenvalue weighted by Gasteiger charge is -2.26. The van der Waals surface area contributed by atoms with Crippen LogP contribution in [0.3, 0.4) is 0 Å². The number of nitrogens with zero attached hydrogens (tertiary/aromatic N) is 2. The van der Waals surface area contributed by atoms with Crippen molar-refractivity contribution in [2.45, 2.75) is 0 Å². The Kier molecular flexibility index (Phi) is 8.07. The van der Waals surface area contributed by atoms with Crippen molar-refractivity contribution in [3.8, 4) is 10.8 Å². The molecule has 1 saturated heterocycles. The quantitative estimate of drug-likeness (QED) is 0.653. The number of halogens is 2. The second-order valence-electron chi connectivity index (χ2n) is 6.00. The maximum Gasteiger partial charge on any atom is 0.287 e. The van der Waals surface area contributed by atoms with Crippen LogP contribution in [0.4, 0.5) is 0 Å². The molecule has 0 saturated carbocycles. The van der Waals surface area contributed by atoms with Gasteiger partial charge in [0.2, 0.25) is 0 Å². The Labute approximate surface area is 174 Å². The smallest absolute Gasteiger partial charge is 0.287 e. The molecule has 3 heterocycles. The number of carbonyl (C=O) groups excluding carboxylic acids is 1. The number of hydrogen-bond donors (Lipinski definition) is 2. The summed E-state index contributed by atoms with van der Waals surface area (Å²) in [7, 11) is 0. The SMILES string of the molecule is Cl.Cl.O=C(NCCN1CCNCC1)c1ccc(-c2nc3ccccc3s2)o1. The van der Waals surface area contributed by atoms with E-state index in [1.165, 1.54) is 0 Å². The molecule has 3 aromatic rings. The van der Waals surface area contributed by atoms with Gasteiger partial charge in [0, 0.05) is 39.3 Å². The van der Waals surface area contributed by atoms with E-state index in [-0.39, 0.29) is 30.7 Å². The molecular weight excluding hydrogens is 407 g/mol. The first-order valence-electron chi connectivity index (χ1n) is 8.47. The Balaban J connectivity index is 0.00000131. The van der Waals surface area contributed by atoms with Gasteiger partial charge in [0.1, 0.15) is 0 Å². The number of carbonyl (C=O) groups is 1. The van der Waals surface area contributed by atoms with Crippen LogP contribution in [-0.2, 0) is 0 Å². The number of hydrogen-bond acceptors (Lipinski definition) is 6. The van der Waals surface area contributed by atoms with E-state index >= 15 is 0 Å². The minimum atomic E-state index is -0.178. The molecule has 146 valence electrons. The fourth-order valence-electron chi connectivity index (χ4n) is 2.90. The molecule has 9 heteroatoms. The van der Waals surface area contributed by atoms with E-state index in [4.69, 9.17) is 4.42 Å². The van der Waals surface area contributed by atoms with Crippen LogP contribution in [0, 0.1) is 0 Å². The average Bonchev–Trinajstić information content (AvgIpc) is 3.29. The summed E-state index contributed by atoms with van der Waals surface area (Å²) >= 11 is 1.56. The number of nitrogens with one attached hydrogen (secondary N) is 2. The highest BCUT2D eigenvalue weighted by Crippen LogP contribution is 2.31. The summed E-state index contributed by atoms with van der Waals surface area (Å²) in [6.07, 6.45) is 0. The summed E-state index contributed by atoms with van der Waals surface area (Å²) in [6.45, 7) is 5.56. The summed E-state index contributed by atoms with van der Waals surface area (Å²) in [6, 6.07) is 11.5. The Bertz CT molecular complexity index is 844. The minimum Gasteiger partial charge on any atom is -0.448 e. The molecule has 1 aliphatic heterocycles. The highest BCUT2D eigenvalue weighted by molar-refractivity contribution is 7.21. The molecule has 2 aromatic heterocycles. The topological polar surface area (TPSA) is 70.4 Å². The lowest BCUT2D eigenvalue weighted by atomic mass is 10.3. The van der Waals surface area contributed by atoms with Crippen molar-refractivity contribution >= 4 is 52.3 Å². The van der Waals surface area contributed by atoms with Crippen LogP contribution >= 0.6 is 36.2 Å². The first kappa shape index (κ1) is 21.7. The monoisotopic (exact) mass is 428 g/mol.